The highest BCUT2D eigenvalue weighted by Crippen LogP contribution is 2.23. The number of nitro benzene ring substituents is 1. The molecule has 8 nitrogen and oxygen atoms in total. The predicted molar refractivity (Wildman–Crippen MR) is 92.2 cm³/mol. The number of benzene rings is 1. The first-order valence-electron chi connectivity index (χ1n) is 7.88. The van der Waals surface area contributed by atoms with E-state index in [1.165, 1.54) is 6.07 Å². The van der Waals surface area contributed by atoms with Crippen LogP contribution in [0.3, 0.4) is 0 Å². The predicted octanol–water partition coefficient (Wildman–Crippen LogP) is 2.67. The zero-order chi connectivity index (χ0) is 18.1. The molecule has 0 aliphatic carbocycles. The van der Waals surface area contributed by atoms with Crippen molar-refractivity contribution in [2.24, 2.45) is 0 Å². The van der Waals surface area contributed by atoms with Crippen molar-refractivity contribution in [3.05, 3.63) is 58.5 Å². The molecule has 1 aromatic heterocycles. The molecule has 0 fully saturated rings. The molecule has 2 aromatic rings. The quantitative estimate of drug-likeness (QED) is 0.524. The van der Waals surface area contributed by atoms with Gasteiger partial charge in [-0.1, -0.05) is 12.1 Å². The summed E-state index contributed by atoms with van der Waals surface area (Å²) in [5.74, 6) is 0.607. The topological polar surface area (TPSA) is 97.8 Å². The van der Waals surface area contributed by atoms with Crippen LogP contribution in [0, 0.1) is 10.1 Å². The molecule has 0 bridgehead atoms. The molecule has 0 aliphatic rings. The van der Waals surface area contributed by atoms with Crippen molar-refractivity contribution in [1.29, 1.82) is 0 Å². The van der Waals surface area contributed by atoms with Crippen molar-refractivity contribution in [2.45, 2.75) is 13.0 Å². The van der Waals surface area contributed by atoms with Gasteiger partial charge in [-0.2, -0.15) is 0 Å². The van der Waals surface area contributed by atoms with Crippen molar-refractivity contribution >= 4 is 17.3 Å². The van der Waals surface area contributed by atoms with Crippen LogP contribution in [-0.2, 0) is 16.1 Å². The van der Waals surface area contributed by atoms with E-state index >= 15 is 0 Å². The number of hydrogen-bond acceptors (Lipinski definition) is 6. The molecule has 1 heterocycles. The van der Waals surface area contributed by atoms with Gasteiger partial charge in [0, 0.05) is 32.7 Å². The Hall–Kier alpha value is -2.87. The van der Waals surface area contributed by atoms with Crippen LogP contribution in [0.2, 0.25) is 0 Å². The number of carbonyl (C=O) groups is 1. The standard InChI is InChI=1S/C17H21N3O5/c1-24-12-10-19(13-14-5-4-11-25-14)17(21)8-9-18-15-6-2-3-7-16(15)20(22)23/h2-7,11,18H,8-10,12-13H2,1H3. The summed E-state index contributed by atoms with van der Waals surface area (Å²) in [5, 5.41) is 13.9. The van der Waals surface area contributed by atoms with E-state index in [9.17, 15) is 14.9 Å². The van der Waals surface area contributed by atoms with Gasteiger partial charge in [0.1, 0.15) is 11.4 Å². The Labute approximate surface area is 145 Å². The normalized spacial score (nSPS) is 10.4. The fourth-order valence-corrected chi connectivity index (χ4v) is 2.33. The highest BCUT2D eigenvalue weighted by atomic mass is 16.6. The van der Waals surface area contributed by atoms with Gasteiger partial charge in [0.2, 0.25) is 5.91 Å². The second-order valence-electron chi connectivity index (χ2n) is 5.34. The Morgan fingerprint density at radius 3 is 2.80 bits per heavy atom. The van der Waals surface area contributed by atoms with E-state index in [4.69, 9.17) is 9.15 Å². The summed E-state index contributed by atoms with van der Waals surface area (Å²) in [6, 6.07) is 9.92. The highest BCUT2D eigenvalue weighted by Gasteiger charge is 2.16. The minimum Gasteiger partial charge on any atom is -0.467 e. The van der Waals surface area contributed by atoms with E-state index in [0.29, 0.717) is 37.7 Å². The number of ether oxygens (including phenoxy) is 1. The molecule has 2 rings (SSSR count). The molecule has 0 radical (unpaired) electrons. The number of hydrogen-bond donors (Lipinski definition) is 1. The van der Waals surface area contributed by atoms with Gasteiger partial charge in [-0.25, -0.2) is 0 Å². The molecule has 0 unspecified atom stereocenters. The SMILES string of the molecule is COCCN(Cc1ccco1)C(=O)CCNc1ccccc1[N+](=O)[O-]. The molecule has 1 N–H and O–H groups in total. The lowest BCUT2D eigenvalue weighted by Crippen LogP contribution is -2.34. The summed E-state index contributed by atoms with van der Waals surface area (Å²) in [6.45, 7) is 1.53. The highest BCUT2D eigenvalue weighted by molar-refractivity contribution is 5.77. The van der Waals surface area contributed by atoms with E-state index in [1.807, 2.05) is 0 Å². The van der Waals surface area contributed by atoms with Crippen LogP contribution >= 0.6 is 0 Å². The lowest BCUT2D eigenvalue weighted by molar-refractivity contribution is -0.384. The molecular weight excluding hydrogens is 326 g/mol. The number of para-hydroxylation sites is 2. The molecule has 0 saturated heterocycles. The molecule has 0 spiro atoms. The lowest BCUT2D eigenvalue weighted by atomic mass is 10.2. The van der Waals surface area contributed by atoms with Gasteiger partial charge < -0.3 is 19.4 Å². The van der Waals surface area contributed by atoms with Crippen LogP contribution in [0.25, 0.3) is 0 Å². The Morgan fingerprint density at radius 2 is 2.12 bits per heavy atom. The van der Waals surface area contributed by atoms with Gasteiger partial charge in [-0.05, 0) is 18.2 Å². The molecular formula is C17H21N3O5. The molecule has 0 atom stereocenters. The van der Waals surface area contributed by atoms with Crippen LogP contribution in [0.15, 0.2) is 47.1 Å². The first kappa shape index (κ1) is 18.5. The zero-order valence-electron chi connectivity index (χ0n) is 14.0. The van der Waals surface area contributed by atoms with E-state index in [1.54, 1.807) is 48.6 Å². The fourth-order valence-electron chi connectivity index (χ4n) is 2.33. The summed E-state index contributed by atoms with van der Waals surface area (Å²) in [6.07, 6.45) is 1.76. The minimum atomic E-state index is -0.452. The minimum absolute atomic E-state index is 0.0122. The number of furan rings is 1. The Balaban J connectivity index is 1.91. The molecule has 134 valence electrons. The number of nitro groups is 1. The average molecular weight is 347 g/mol. The van der Waals surface area contributed by atoms with Crippen LogP contribution in [0.1, 0.15) is 12.2 Å². The van der Waals surface area contributed by atoms with Crippen molar-refractivity contribution in [1.82, 2.24) is 4.90 Å². The summed E-state index contributed by atoms with van der Waals surface area (Å²) >= 11 is 0. The van der Waals surface area contributed by atoms with E-state index < -0.39 is 4.92 Å². The summed E-state index contributed by atoms with van der Waals surface area (Å²) in [7, 11) is 1.58. The second-order valence-corrected chi connectivity index (χ2v) is 5.34. The largest absolute Gasteiger partial charge is 0.467 e. The number of nitrogens with zero attached hydrogens (tertiary/aromatic N) is 2. The van der Waals surface area contributed by atoms with Crippen molar-refractivity contribution in [2.75, 3.05) is 32.1 Å². The summed E-state index contributed by atoms with van der Waals surface area (Å²) in [4.78, 5) is 24.6. The third kappa shape index (κ3) is 5.61. The van der Waals surface area contributed by atoms with Gasteiger partial charge in [-0.15, -0.1) is 0 Å². The Bertz CT molecular complexity index is 687. The fraction of sp³-hybridized carbons (Fsp3) is 0.353. The molecule has 1 aromatic carbocycles. The maximum absolute atomic E-state index is 12.4. The van der Waals surface area contributed by atoms with E-state index in [0.717, 1.165) is 0 Å². The van der Waals surface area contributed by atoms with Crippen LogP contribution < -0.4 is 5.32 Å². The van der Waals surface area contributed by atoms with Gasteiger partial charge in [0.05, 0.1) is 24.3 Å². The van der Waals surface area contributed by atoms with E-state index in [2.05, 4.69) is 5.32 Å². The van der Waals surface area contributed by atoms with Crippen LogP contribution in [0.5, 0.6) is 0 Å². The molecule has 0 saturated carbocycles. The number of methoxy groups -OCH3 is 1. The monoisotopic (exact) mass is 347 g/mol. The van der Waals surface area contributed by atoms with Crippen LogP contribution in [-0.4, -0.2) is 42.5 Å². The molecule has 25 heavy (non-hydrogen) atoms. The Kier molecular flexibility index (Phi) is 6.97. The number of carbonyl (C=O) groups excluding carboxylic acids is 1. The van der Waals surface area contributed by atoms with Gasteiger partial charge in [-0.3, -0.25) is 14.9 Å². The molecule has 1 amide bonds. The average Bonchev–Trinajstić information content (AvgIpc) is 3.11. The Morgan fingerprint density at radius 1 is 1.32 bits per heavy atom. The maximum atomic E-state index is 12.4. The van der Waals surface area contributed by atoms with Crippen molar-refractivity contribution < 1.29 is 18.9 Å². The van der Waals surface area contributed by atoms with Gasteiger partial charge in [0.25, 0.3) is 5.69 Å². The van der Waals surface area contributed by atoms with Gasteiger partial charge >= 0.3 is 0 Å². The third-order valence-electron chi connectivity index (χ3n) is 3.60. The first-order chi connectivity index (χ1) is 12.1. The lowest BCUT2D eigenvalue weighted by Gasteiger charge is -2.21. The number of rotatable bonds is 10. The summed E-state index contributed by atoms with van der Waals surface area (Å²) < 4.78 is 10.3. The summed E-state index contributed by atoms with van der Waals surface area (Å²) in [5.41, 5.74) is 0.386. The second kappa shape index (κ2) is 9.43. The van der Waals surface area contributed by atoms with E-state index in [-0.39, 0.29) is 18.0 Å². The van der Waals surface area contributed by atoms with Gasteiger partial charge in [0.15, 0.2) is 0 Å². The smallest absolute Gasteiger partial charge is 0.292 e. The zero-order valence-corrected chi connectivity index (χ0v) is 14.0. The van der Waals surface area contributed by atoms with Crippen molar-refractivity contribution in [3.8, 4) is 0 Å². The first-order valence-corrected chi connectivity index (χ1v) is 7.88. The number of nitrogens with one attached hydrogen (secondary N) is 1. The molecule has 8 heteroatoms. The third-order valence-corrected chi connectivity index (χ3v) is 3.60. The van der Waals surface area contributed by atoms with Crippen LogP contribution in [0.4, 0.5) is 11.4 Å². The molecule has 0 aliphatic heterocycles. The number of anilines is 1. The number of amides is 1. The van der Waals surface area contributed by atoms with Crippen molar-refractivity contribution in [3.63, 3.8) is 0 Å². The maximum Gasteiger partial charge on any atom is 0.292 e.